The van der Waals surface area contributed by atoms with E-state index in [4.69, 9.17) is 18.9 Å². The summed E-state index contributed by atoms with van der Waals surface area (Å²) in [6, 6.07) is 4.30. The molecule has 2 aromatic rings. The number of quaternary nitrogens is 2. The number of nitrogens with one attached hydrogen (secondary N) is 1. The van der Waals surface area contributed by atoms with Crippen LogP contribution in [0, 0.1) is 0 Å². The van der Waals surface area contributed by atoms with Crippen molar-refractivity contribution in [3.63, 3.8) is 0 Å². The Balaban J connectivity index is 1.77. The van der Waals surface area contributed by atoms with Crippen molar-refractivity contribution < 1.29 is 29.2 Å². The van der Waals surface area contributed by atoms with Crippen LogP contribution in [-0.2, 0) is 12.8 Å². The molecule has 0 aliphatic carbocycles. The van der Waals surface area contributed by atoms with E-state index in [2.05, 4.69) is 24.5 Å². The van der Waals surface area contributed by atoms with Gasteiger partial charge < -0.3 is 24.3 Å². The summed E-state index contributed by atoms with van der Waals surface area (Å²) >= 11 is 0. The Bertz CT molecular complexity index is 987. The van der Waals surface area contributed by atoms with E-state index in [1.54, 1.807) is 14.2 Å². The number of nitrogens with two attached hydrogens (primary N) is 1. The largest absolute Gasteiger partial charge is 0.493 e. The zero-order chi connectivity index (χ0) is 18.3. The number of hydrogen-bond donors (Lipinski definition) is 2. The van der Waals surface area contributed by atoms with Crippen LogP contribution in [0.25, 0.3) is 11.1 Å². The lowest BCUT2D eigenvalue weighted by molar-refractivity contribution is -0.934. The molecule has 0 saturated carbocycles. The molecule has 0 saturated heterocycles. The minimum atomic E-state index is -0.0540. The second-order valence-electron chi connectivity index (χ2n) is 7.87. The maximum absolute atomic E-state index is 6.62. The highest BCUT2D eigenvalue weighted by molar-refractivity contribution is 5.90. The molecular weight excluding hydrogens is 344 g/mol. The molecule has 4 aliphatic heterocycles. The Kier molecular flexibility index (Phi) is 3.06. The first-order valence-corrected chi connectivity index (χ1v) is 9.68. The van der Waals surface area contributed by atoms with Crippen molar-refractivity contribution in [3.8, 4) is 34.1 Å². The Hall–Kier alpha value is -2.44. The van der Waals surface area contributed by atoms with E-state index < -0.39 is 0 Å². The third kappa shape index (κ3) is 1.87. The van der Waals surface area contributed by atoms with Gasteiger partial charge in [0.1, 0.15) is 0 Å². The highest BCUT2D eigenvalue weighted by Crippen LogP contribution is 2.59. The first-order chi connectivity index (χ1) is 13.2. The van der Waals surface area contributed by atoms with Crippen molar-refractivity contribution in [2.45, 2.75) is 25.3 Å². The Morgan fingerprint density at radius 1 is 0.963 bits per heavy atom. The van der Waals surface area contributed by atoms with Gasteiger partial charge in [-0.3, -0.25) is 4.90 Å². The van der Waals surface area contributed by atoms with Crippen LogP contribution in [0.5, 0.6) is 23.0 Å². The predicted molar refractivity (Wildman–Crippen MR) is 97.7 cm³/mol. The summed E-state index contributed by atoms with van der Waals surface area (Å²) in [5.74, 6) is 3.36. The summed E-state index contributed by atoms with van der Waals surface area (Å²) in [4.78, 5) is 1.36. The lowest BCUT2D eigenvalue weighted by Crippen LogP contribution is -3.11. The number of methoxy groups -OCH3 is 2. The second-order valence-corrected chi connectivity index (χ2v) is 7.87. The Morgan fingerprint density at radius 2 is 1.63 bits per heavy atom. The monoisotopic (exact) mass is 368 g/mol. The van der Waals surface area contributed by atoms with E-state index in [1.807, 2.05) is 0 Å². The van der Waals surface area contributed by atoms with Gasteiger partial charge in [-0.05, 0) is 23.3 Å². The normalized spacial score (nSPS) is 25.8. The van der Waals surface area contributed by atoms with Gasteiger partial charge in [0.05, 0.1) is 45.5 Å². The molecule has 1 unspecified atom stereocenters. The first-order valence-electron chi connectivity index (χ1n) is 9.68. The quantitative estimate of drug-likeness (QED) is 0.803. The SMILES string of the molecule is COc1cc2c3c4c1O[C@H]1c5c(cc(OC)c(c5-4)O[C@H]3[NH2+]CC2)CC[NH+]1C. The smallest absolute Gasteiger partial charge is 0.259 e. The second kappa shape index (κ2) is 5.30. The molecule has 6 nitrogen and oxygen atoms in total. The topological polar surface area (TPSA) is 58.0 Å². The summed E-state index contributed by atoms with van der Waals surface area (Å²) < 4.78 is 24.7. The lowest BCUT2D eigenvalue weighted by atomic mass is 9.80. The van der Waals surface area contributed by atoms with Gasteiger partial charge in [-0.25, -0.2) is 0 Å². The number of ether oxygens (including phenoxy) is 4. The standard InChI is InChI=1S/C21H22N2O4/c1-23-7-5-11-9-12(24-2)18-17-15(11)21(23)27-19-13(25-3)8-10-4-6-22-20(26-18)14(10)16(17)19/h8-9,20-22H,4-7H2,1-3H3/p+2/t20-,21+/m1/s1. The molecule has 2 aromatic carbocycles. The van der Waals surface area contributed by atoms with Crippen LogP contribution in [0.2, 0.25) is 0 Å². The summed E-state index contributed by atoms with van der Waals surface area (Å²) in [5, 5.41) is 2.26. The zero-order valence-corrected chi connectivity index (χ0v) is 15.8. The number of hydrogen-bond acceptors (Lipinski definition) is 4. The van der Waals surface area contributed by atoms with Gasteiger partial charge in [0, 0.05) is 24.0 Å². The maximum atomic E-state index is 6.62. The van der Waals surface area contributed by atoms with Crippen LogP contribution in [0.15, 0.2) is 12.1 Å². The molecule has 0 spiro atoms. The Labute approximate surface area is 158 Å². The molecule has 27 heavy (non-hydrogen) atoms. The van der Waals surface area contributed by atoms with Crippen molar-refractivity contribution in [3.05, 3.63) is 34.4 Å². The van der Waals surface area contributed by atoms with Crippen LogP contribution < -0.4 is 29.2 Å². The van der Waals surface area contributed by atoms with Gasteiger partial charge in [0.2, 0.25) is 0 Å². The van der Waals surface area contributed by atoms with Crippen molar-refractivity contribution in [2.75, 3.05) is 34.4 Å². The molecule has 6 heteroatoms. The van der Waals surface area contributed by atoms with E-state index in [9.17, 15) is 0 Å². The number of rotatable bonds is 2. The third-order valence-corrected chi connectivity index (χ3v) is 6.49. The average Bonchev–Trinajstić information content (AvgIpc) is 2.71. The van der Waals surface area contributed by atoms with Crippen LogP contribution in [0.3, 0.4) is 0 Å². The molecule has 3 atom stereocenters. The van der Waals surface area contributed by atoms with Crippen LogP contribution in [0.1, 0.15) is 34.7 Å². The van der Waals surface area contributed by atoms with E-state index >= 15 is 0 Å². The minimum Gasteiger partial charge on any atom is -0.493 e. The highest BCUT2D eigenvalue weighted by Gasteiger charge is 2.48. The van der Waals surface area contributed by atoms with E-state index in [0.29, 0.717) is 0 Å². The average molecular weight is 368 g/mol. The van der Waals surface area contributed by atoms with Crippen LogP contribution in [-0.4, -0.2) is 34.4 Å². The first kappa shape index (κ1) is 15.6. The minimum absolute atomic E-state index is 0.0411. The third-order valence-electron chi connectivity index (χ3n) is 6.49. The van der Waals surface area contributed by atoms with E-state index in [-0.39, 0.29) is 12.5 Å². The molecule has 0 aromatic heterocycles. The molecule has 4 aliphatic rings. The van der Waals surface area contributed by atoms with Crippen molar-refractivity contribution in [1.82, 2.24) is 0 Å². The molecule has 4 heterocycles. The molecule has 140 valence electrons. The Morgan fingerprint density at radius 3 is 2.37 bits per heavy atom. The van der Waals surface area contributed by atoms with Gasteiger partial charge in [0.25, 0.3) is 12.5 Å². The van der Waals surface area contributed by atoms with E-state index in [1.165, 1.54) is 27.2 Å². The fourth-order valence-corrected chi connectivity index (χ4v) is 5.22. The van der Waals surface area contributed by atoms with Gasteiger partial charge in [-0.2, -0.15) is 0 Å². The van der Waals surface area contributed by atoms with Crippen molar-refractivity contribution >= 4 is 0 Å². The maximum Gasteiger partial charge on any atom is 0.259 e. The van der Waals surface area contributed by atoms with Crippen molar-refractivity contribution in [1.29, 1.82) is 0 Å². The van der Waals surface area contributed by atoms with Crippen molar-refractivity contribution in [2.24, 2.45) is 0 Å². The predicted octanol–water partition coefficient (Wildman–Crippen LogP) is 0.343. The fourth-order valence-electron chi connectivity index (χ4n) is 5.22. The van der Waals surface area contributed by atoms with Gasteiger partial charge in [-0.1, -0.05) is 0 Å². The highest BCUT2D eigenvalue weighted by atomic mass is 16.5. The summed E-state index contributed by atoms with van der Waals surface area (Å²) in [6.07, 6.45) is 1.93. The molecule has 0 amide bonds. The lowest BCUT2D eigenvalue weighted by Gasteiger charge is -2.42. The molecular formula is C21H24N2O4+2. The summed E-state index contributed by atoms with van der Waals surface area (Å²) in [5.41, 5.74) is 7.45. The molecule has 3 N–H and O–H groups in total. The zero-order valence-electron chi connectivity index (χ0n) is 15.8. The molecule has 6 rings (SSSR count). The van der Waals surface area contributed by atoms with Gasteiger partial charge in [0.15, 0.2) is 23.0 Å². The molecule has 0 fully saturated rings. The molecule has 0 radical (unpaired) electrons. The van der Waals surface area contributed by atoms with Gasteiger partial charge in [-0.15, -0.1) is 0 Å². The fraction of sp³-hybridized carbons (Fsp3) is 0.429. The van der Waals surface area contributed by atoms with Crippen LogP contribution in [0.4, 0.5) is 0 Å². The van der Waals surface area contributed by atoms with E-state index in [0.717, 1.165) is 60.1 Å². The van der Waals surface area contributed by atoms with Gasteiger partial charge >= 0.3 is 0 Å². The summed E-state index contributed by atoms with van der Waals surface area (Å²) in [6.45, 7) is 2.03. The summed E-state index contributed by atoms with van der Waals surface area (Å²) in [7, 11) is 5.65. The number of likely N-dealkylation sites (N-methyl/N-ethyl adjacent to an activating group) is 1. The number of benzene rings is 2. The molecule has 0 bridgehead atoms. The van der Waals surface area contributed by atoms with Crippen LogP contribution >= 0.6 is 0 Å².